The van der Waals surface area contributed by atoms with Crippen LogP contribution in [0.2, 0.25) is 0 Å². The van der Waals surface area contributed by atoms with Crippen molar-refractivity contribution in [2.75, 3.05) is 7.11 Å². The van der Waals surface area contributed by atoms with Crippen LogP contribution in [0.3, 0.4) is 0 Å². The first-order valence-corrected chi connectivity index (χ1v) is 7.13. The van der Waals surface area contributed by atoms with E-state index in [4.69, 9.17) is 4.74 Å². The van der Waals surface area contributed by atoms with Crippen LogP contribution in [-0.2, 0) is 6.54 Å². The van der Waals surface area contributed by atoms with Crippen LogP contribution in [0, 0.1) is 5.82 Å². The van der Waals surface area contributed by atoms with Gasteiger partial charge >= 0.3 is 0 Å². The third-order valence-electron chi connectivity index (χ3n) is 3.36. The largest absolute Gasteiger partial charge is 0.497 e. The fourth-order valence-electron chi connectivity index (χ4n) is 2.10. The maximum atomic E-state index is 13.0. The number of hydrogen-bond donors (Lipinski definition) is 1. The Morgan fingerprint density at radius 2 is 1.88 bits per heavy atom. The Balaban J connectivity index is 1.69. The fraction of sp³-hybridized carbons (Fsp3) is 0.125. The molecule has 0 saturated carbocycles. The molecule has 122 valence electrons. The molecule has 8 heteroatoms. The predicted octanol–water partition coefficient (Wildman–Crippen LogP) is 1.74. The number of ether oxygens (including phenoxy) is 1. The van der Waals surface area contributed by atoms with Gasteiger partial charge in [-0.1, -0.05) is 0 Å². The molecule has 2 aromatic carbocycles. The molecule has 1 aromatic heterocycles. The lowest BCUT2D eigenvalue weighted by atomic mass is 10.2. The van der Waals surface area contributed by atoms with Gasteiger partial charge in [0.2, 0.25) is 0 Å². The predicted molar refractivity (Wildman–Crippen MR) is 83.3 cm³/mol. The smallest absolute Gasteiger partial charge is 0.251 e. The second kappa shape index (κ2) is 6.86. The number of benzene rings is 2. The average molecular weight is 327 g/mol. The van der Waals surface area contributed by atoms with Gasteiger partial charge in [-0.3, -0.25) is 4.79 Å². The van der Waals surface area contributed by atoms with Crippen LogP contribution in [0.1, 0.15) is 16.2 Å². The van der Waals surface area contributed by atoms with E-state index in [2.05, 4.69) is 20.8 Å². The van der Waals surface area contributed by atoms with E-state index >= 15 is 0 Å². The highest BCUT2D eigenvalue weighted by molar-refractivity contribution is 5.94. The first kappa shape index (κ1) is 15.6. The molecule has 0 aliphatic carbocycles. The number of halogens is 1. The van der Waals surface area contributed by atoms with Crippen molar-refractivity contribution in [3.8, 4) is 11.4 Å². The monoisotopic (exact) mass is 327 g/mol. The molecule has 0 bridgehead atoms. The Bertz CT molecular complexity index is 830. The topological polar surface area (TPSA) is 81.9 Å². The molecule has 1 heterocycles. The lowest BCUT2D eigenvalue weighted by molar-refractivity contribution is 0.0949. The Labute approximate surface area is 137 Å². The zero-order chi connectivity index (χ0) is 16.9. The van der Waals surface area contributed by atoms with Crippen molar-refractivity contribution in [2.24, 2.45) is 0 Å². The molecule has 0 aliphatic heterocycles. The standard InChI is InChI=1S/C16H14FN5O2/c1-24-14-8-2-11(3-9-14)16(23)18-10-15-19-20-21-22(15)13-6-4-12(17)5-7-13/h2-9H,10H2,1H3,(H,18,23). The normalized spacial score (nSPS) is 10.4. The summed E-state index contributed by atoms with van der Waals surface area (Å²) in [4.78, 5) is 12.2. The molecular formula is C16H14FN5O2. The molecular weight excluding hydrogens is 313 g/mol. The summed E-state index contributed by atoms with van der Waals surface area (Å²) in [5.41, 5.74) is 1.10. The number of carbonyl (C=O) groups is 1. The SMILES string of the molecule is COc1ccc(C(=O)NCc2nnnn2-c2ccc(F)cc2)cc1. The van der Waals surface area contributed by atoms with E-state index in [1.54, 1.807) is 43.5 Å². The Hall–Kier alpha value is -3.29. The summed E-state index contributed by atoms with van der Waals surface area (Å²) < 4.78 is 19.5. The number of nitrogens with one attached hydrogen (secondary N) is 1. The van der Waals surface area contributed by atoms with Gasteiger partial charge in [-0.25, -0.2) is 4.39 Å². The molecule has 0 atom stereocenters. The van der Waals surface area contributed by atoms with Crippen LogP contribution in [0.5, 0.6) is 5.75 Å². The van der Waals surface area contributed by atoms with Gasteiger partial charge in [0.15, 0.2) is 5.82 Å². The molecule has 7 nitrogen and oxygen atoms in total. The van der Waals surface area contributed by atoms with E-state index in [9.17, 15) is 9.18 Å². The van der Waals surface area contributed by atoms with Crippen LogP contribution < -0.4 is 10.1 Å². The second-order valence-electron chi connectivity index (χ2n) is 4.89. The number of hydrogen-bond acceptors (Lipinski definition) is 5. The highest BCUT2D eigenvalue weighted by Crippen LogP contribution is 2.12. The summed E-state index contributed by atoms with van der Waals surface area (Å²) in [6.07, 6.45) is 0. The van der Waals surface area contributed by atoms with E-state index in [0.29, 0.717) is 22.8 Å². The second-order valence-corrected chi connectivity index (χ2v) is 4.89. The van der Waals surface area contributed by atoms with Crippen LogP contribution >= 0.6 is 0 Å². The highest BCUT2D eigenvalue weighted by Gasteiger charge is 2.11. The van der Waals surface area contributed by atoms with Gasteiger partial charge in [0.05, 0.1) is 19.3 Å². The third-order valence-corrected chi connectivity index (χ3v) is 3.36. The molecule has 24 heavy (non-hydrogen) atoms. The lowest BCUT2D eigenvalue weighted by Crippen LogP contribution is -2.24. The van der Waals surface area contributed by atoms with E-state index < -0.39 is 0 Å². The van der Waals surface area contributed by atoms with E-state index in [0.717, 1.165) is 0 Å². The molecule has 1 amide bonds. The van der Waals surface area contributed by atoms with Crippen molar-refractivity contribution in [3.05, 3.63) is 65.7 Å². The average Bonchev–Trinajstić information content (AvgIpc) is 3.09. The van der Waals surface area contributed by atoms with Crippen molar-refractivity contribution >= 4 is 5.91 Å². The quantitative estimate of drug-likeness (QED) is 0.772. The minimum absolute atomic E-state index is 0.134. The van der Waals surface area contributed by atoms with Crippen LogP contribution in [0.4, 0.5) is 4.39 Å². The Morgan fingerprint density at radius 1 is 1.17 bits per heavy atom. The summed E-state index contributed by atoms with van der Waals surface area (Å²) in [5.74, 6) is 0.503. The lowest BCUT2D eigenvalue weighted by Gasteiger charge is -2.07. The molecule has 1 N–H and O–H groups in total. The number of tetrazole rings is 1. The van der Waals surface area contributed by atoms with E-state index in [-0.39, 0.29) is 18.3 Å². The number of nitrogens with zero attached hydrogens (tertiary/aromatic N) is 4. The summed E-state index contributed by atoms with van der Waals surface area (Å²) in [5, 5.41) is 14.1. The zero-order valence-electron chi connectivity index (χ0n) is 12.8. The first-order chi connectivity index (χ1) is 11.7. The van der Waals surface area contributed by atoms with E-state index in [1.165, 1.54) is 16.8 Å². The molecule has 0 saturated heterocycles. The highest BCUT2D eigenvalue weighted by atomic mass is 19.1. The Morgan fingerprint density at radius 3 is 2.54 bits per heavy atom. The number of amides is 1. The number of carbonyl (C=O) groups excluding carboxylic acids is 1. The Kier molecular flexibility index (Phi) is 4.46. The van der Waals surface area contributed by atoms with Crippen LogP contribution in [-0.4, -0.2) is 33.2 Å². The molecule has 3 aromatic rings. The van der Waals surface area contributed by atoms with Crippen molar-refractivity contribution in [1.29, 1.82) is 0 Å². The maximum Gasteiger partial charge on any atom is 0.251 e. The van der Waals surface area contributed by atoms with Gasteiger partial charge in [-0.15, -0.1) is 5.10 Å². The molecule has 0 spiro atoms. The van der Waals surface area contributed by atoms with Crippen molar-refractivity contribution in [2.45, 2.75) is 6.54 Å². The van der Waals surface area contributed by atoms with Gasteiger partial charge < -0.3 is 10.1 Å². The summed E-state index contributed by atoms with van der Waals surface area (Å²) in [6, 6.07) is 12.5. The minimum Gasteiger partial charge on any atom is -0.497 e. The maximum absolute atomic E-state index is 13.0. The van der Waals surface area contributed by atoms with E-state index in [1.807, 2.05) is 0 Å². The van der Waals surface area contributed by atoms with Crippen molar-refractivity contribution < 1.29 is 13.9 Å². The molecule has 0 aliphatic rings. The fourth-order valence-corrected chi connectivity index (χ4v) is 2.10. The van der Waals surface area contributed by atoms with Crippen LogP contribution in [0.15, 0.2) is 48.5 Å². The zero-order valence-corrected chi connectivity index (χ0v) is 12.8. The number of rotatable bonds is 5. The van der Waals surface area contributed by atoms with Crippen LogP contribution in [0.25, 0.3) is 5.69 Å². The van der Waals surface area contributed by atoms with Crippen molar-refractivity contribution in [3.63, 3.8) is 0 Å². The minimum atomic E-state index is -0.346. The molecule has 0 unspecified atom stereocenters. The van der Waals surface area contributed by atoms with Gasteiger partial charge in [0.25, 0.3) is 5.91 Å². The molecule has 0 fully saturated rings. The number of methoxy groups -OCH3 is 1. The van der Waals surface area contributed by atoms with Crippen molar-refractivity contribution in [1.82, 2.24) is 25.5 Å². The first-order valence-electron chi connectivity index (χ1n) is 7.13. The third kappa shape index (κ3) is 3.37. The van der Waals surface area contributed by atoms with Gasteiger partial charge in [-0.05, 0) is 59.0 Å². The molecule has 3 rings (SSSR count). The summed E-state index contributed by atoms with van der Waals surface area (Å²) in [7, 11) is 1.56. The number of aromatic nitrogens is 4. The van der Waals surface area contributed by atoms with Gasteiger partial charge in [0.1, 0.15) is 11.6 Å². The molecule has 0 radical (unpaired) electrons. The van der Waals surface area contributed by atoms with Gasteiger partial charge in [-0.2, -0.15) is 4.68 Å². The van der Waals surface area contributed by atoms with Gasteiger partial charge in [0, 0.05) is 5.56 Å². The summed E-state index contributed by atoms with van der Waals surface area (Å²) in [6.45, 7) is 0.134. The summed E-state index contributed by atoms with van der Waals surface area (Å²) >= 11 is 0.